The summed E-state index contributed by atoms with van der Waals surface area (Å²) in [4.78, 5) is 30.7. The van der Waals surface area contributed by atoms with Crippen molar-refractivity contribution in [3.63, 3.8) is 0 Å². The van der Waals surface area contributed by atoms with Gasteiger partial charge in [0, 0.05) is 25.2 Å². The fraction of sp³-hybridized carbons (Fsp3) is 0.429. The molecule has 1 heterocycles. The highest BCUT2D eigenvalue weighted by Crippen LogP contribution is 2.36. The number of para-hydroxylation sites is 1. The number of amides is 2. The second-order valence-electron chi connectivity index (χ2n) is 8.45. The molecule has 0 aromatic heterocycles. The van der Waals surface area contributed by atoms with Crippen LogP contribution in [0.3, 0.4) is 0 Å². The molecule has 5 heteroatoms. The number of carbonyl (C=O) groups excluding carboxylic acids is 2. The van der Waals surface area contributed by atoms with Crippen molar-refractivity contribution >= 4 is 17.4 Å². The van der Waals surface area contributed by atoms with Crippen LogP contribution in [0.5, 0.6) is 5.75 Å². The standard InChI is InChI=1S/C28H36N2O3/c1-4-6-7-8-9-15-20-30-27(31)25(23-18-13-14-19-24(23)33-3)26(28(30)32)29(5-2)21-22-16-11-10-12-17-22/h10-14,16-19H,4-9,15,20-21H2,1-3H3. The van der Waals surface area contributed by atoms with E-state index in [1.807, 2.05) is 66.4 Å². The lowest BCUT2D eigenvalue weighted by Gasteiger charge is -2.25. The summed E-state index contributed by atoms with van der Waals surface area (Å²) in [5.41, 5.74) is 2.69. The van der Waals surface area contributed by atoms with Crippen LogP contribution < -0.4 is 4.74 Å². The fourth-order valence-corrected chi connectivity index (χ4v) is 4.36. The van der Waals surface area contributed by atoms with E-state index >= 15 is 0 Å². The van der Waals surface area contributed by atoms with E-state index < -0.39 is 0 Å². The van der Waals surface area contributed by atoms with Gasteiger partial charge in [-0.15, -0.1) is 0 Å². The minimum Gasteiger partial charge on any atom is -0.496 e. The summed E-state index contributed by atoms with van der Waals surface area (Å²) in [6.07, 6.45) is 6.63. The molecule has 0 saturated carbocycles. The molecule has 176 valence electrons. The van der Waals surface area contributed by atoms with Gasteiger partial charge in [-0.1, -0.05) is 87.6 Å². The van der Waals surface area contributed by atoms with E-state index in [2.05, 4.69) is 6.92 Å². The van der Waals surface area contributed by atoms with Gasteiger partial charge >= 0.3 is 0 Å². The van der Waals surface area contributed by atoms with Crippen LogP contribution in [0, 0.1) is 0 Å². The number of methoxy groups -OCH3 is 1. The van der Waals surface area contributed by atoms with Crippen LogP contribution in [0.1, 0.15) is 63.5 Å². The molecule has 5 nitrogen and oxygen atoms in total. The Hall–Kier alpha value is -3.08. The lowest BCUT2D eigenvalue weighted by Crippen LogP contribution is -2.35. The third-order valence-corrected chi connectivity index (χ3v) is 6.17. The molecule has 2 aromatic carbocycles. The Bertz CT molecular complexity index is 968. The molecule has 0 bridgehead atoms. The summed E-state index contributed by atoms with van der Waals surface area (Å²) in [5, 5.41) is 0. The first-order valence-electron chi connectivity index (χ1n) is 12.1. The number of carbonyl (C=O) groups is 2. The van der Waals surface area contributed by atoms with Crippen LogP contribution in [-0.2, 0) is 16.1 Å². The van der Waals surface area contributed by atoms with Crippen LogP contribution in [0.2, 0.25) is 0 Å². The fourth-order valence-electron chi connectivity index (χ4n) is 4.36. The van der Waals surface area contributed by atoms with Crippen molar-refractivity contribution in [2.45, 2.75) is 58.9 Å². The van der Waals surface area contributed by atoms with Gasteiger partial charge in [0.2, 0.25) is 0 Å². The molecule has 0 radical (unpaired) electrons. The van der Waals surface area contributed by atoms with Crippen molar-refractivity contribution in [2.24, 2.45) is 0 Å². The van der Waals surface area contributed by atoms with Gasteiger partial charge in [0.05, 0.1) is 12.7 Å². The second kappa shape index (κ2) is 12.2. The van der Waals surface area contributed by atoms with E-state index in [0.717, 1.165) is 24.8 Å². The Balaban J connectivity index is 1.92. The molecule has 0 spiro atoms. The molecular weight excluding hydrogens is 412 g/mol. The van der Waals surface area contributed by atoms with Crippen molar-refractivity contribution in [1.29, 1.82) is 0 Å². The zero-order chi connectivity index (χ0) is 23.6. The first-order valence-corrected chi connectivity index (χ1v) is 12.1. The highest BCUT2D eigenvalue weighted by molar-refractivity contribution is 6.36. The molecule has 1 aliphatic rings. The average Bonchev–Trinajstić information content (AvgIpc) is 3.09. The maximum absolute atomic E-state index is 13.6. The van der Waals surface area contributed by atoms with Crippen LogP contribution in [-0.4, -0.2) is 41.8 Å². The number of unbranched alkanes of at least 4 members (excludes halogenated alkanes) is 5. The molecule has 0 atom stereocenters. The Morgan fingerprint density at radius 2 is 1.48 bits per heavy atom. The topological polar surface area (TPSA) is 49.9 Å². The van der Waals surface area contributed by atoms with Gasteiger partial charge in [-0.05, 0) is 25.0 Å². The number of hydrogen-bond donors (Lipinski definition) is 0. The van der Waals surface area contributed by atoms with E-state index in [4.69, 9.17) is 4.74 Å². The van der Waals surface area contributed by atoms with Crippen molar-refractivity contribution < 1.29 is 14.3 Å². The summed E-state index contributed by atoms with van der Waals surface area (Å²) in [6.45, 7) is 5.85. The lowest BCUT2D eigenvalue weighted by atomic mass is 10.0. The molecule has 0 aliphatic carbocycles. The minimum absolute atomic E-state index is 0.202. The zero-order valence-corrected chi connectivity index (χ0v) is 20.2. The summed E-state index contributed by atoms with van der Waals surface area (Å²) in [5.74, 6) is 0.176. The van der Waals surface area contributed by atoms with Crippen molar-refractivity contribution in [2.75, 3.05) is 20.2 Å². The first kappa shape index (κ1) is 24.6. The maximum Gasteiger partial charge on any atom is 0.277 e. The molecule has 1 aliphatic heterocycles. The quantitative estimate of drug-likeness (QED) is 0.293. The van der Waals surface area contributed by atoms with Gasteiger partial charge in [-0.2, -0.15) is 0 Å². The summed E-state index contributed by atoms with van der Waals surface area (Å²) in [6, 6.07) is 17.5. The lowest BCUT2D eigenvalue weighted by molar-refractivity contribution is -0.137. The molecule has 2 amide bonds. The Labute approximate surface area is 198 Å². The molecule has 2 aromatic rings. The number of rotatable bonds is 13. The third-order valence-electron chi connectivity index (χ3n) is 6.17. The van der Waals surface area contributed by atoms with Crippen LogP contribution in [0.25, 0.3) is 5.57 Å². The molecular formula is C28H36N2O3. The molecule has 3 rings (SSSR count). The highest BCUT2D eigenvalue weighted by atomic mass is 16.5. The second-order valence-corrected chi connectivity index (χ2v) is 8.45. The normalized spacial score (nSPS) is 13.7. The smallest absolute Gasteiger partial charge is 0.277 e. The Morgan fingerprint density at radius 1 is 0.818 bits per heavy atom. The van der Waals surface area contributed by atoms with Crippen LogP contribution in [0.4, 0.5) is 0 Å². The zero-order valence-electron chi connectivity index (χ0n) is 20.2. The third kappa shape index (κ3) is 5.84. The van der Waals surface area contributed by atoms with Crippen LogP contribution in [0.15, 0.2) is 60.3 Å². The van der Waals surface area contributed by atoms with E-state index in [1.54, 1.807) is 7.11 Å². The van der Waals surface area contributed by atoms with E-state index in [1.165, 1.54) is 24.2 Å². The van der Waals surface area contributed by atoms with Crippen molar-refractivity contribution in [3.8, 4) is 5.75 Å². The van der Waals surface area contributed by atoms with Gasteiger partial charge < -0.3 is 9.64 Å². The van der Waals surface area contributed by atoms with Gasteiger partial charge in [0.25, 0.3) is 11.8 Å². The molecule has 0 saturated heterocycles. The average molecular weight is 449 g/mol. The van der Waals surface area contributed by atoms with Gasteiger partial charge in [-0.25, -0.2) is 0 Å². The Morgan fingerprint density at radius 3 is 2.18 bits per heavy atom. The number of nitrogens with zero attached hydrogens (tertiary/aromatic N) is 2. The summed E-state index contributed by atoms with van der Waals surface area (Å²) >= 11 is 0. The largest absolute Gasteiger partial charge is 0.496 e. The number of likely N-dealkylation sites (N-methyl/N-ethyl adjacent to an activating group) is 1. The van der Waals surface area contributed by atoms with Crippen LogP contribution >= 0.6 is 0 Å². The SMILES string of the molecule is CCCCCCCCN1C(=O)C(c2ccccc2OC)=C(N(CC)Cc2ccccc2)C1=O. The van der Waals surface area contributed by atoms with E-state index in [0.29, 0.717) is 42.2 Å². The molecule has 0 N–H and O–H groups in total. The molecule has 33 heavy (non-hydrogen) atoms. The van der Waals surface area contributed by atoms with Gasteiger partial charge in [0.1, 0.15) is 11.4 Å². The van der Waals surface area contributed by atoms with E-state index in [-0.39, 0.29) is 11.8 Å². The van der Waals surface area contributed by atoms with E-state index in [9.17, 15) is 9.59 Å². The van der Waals surface area contributed by atoms with Crippen molar-refractivity contribution in [1.82, 2.24) is 9.80 Å². The summed E-state index contributed by atoms with van der Waals surface area (Å²) in [7, 11) is 1.59. The van der Waals surface area contributed by atoms with Crippen molar-refractivity contribution in [3.05, 3.63) is 71.4 Å². The monoisotopic (exact) mass is 448 g/mol. The van der Waals surface area contributed by atoms with Gasteiger partial charge in [-0.3, -0.25) is 14.5 Å². The Kier molecular flexibility index (Phi) is 9.11. The predicted octanol–water partition coefficient (Wildman–Crippen LogP) is 5.66. The predicted molar refractivity (Wildman–Crippen MR) is 133 cm³/mol. The number of imide groups is 1. The molecule has 0 unspecified atom stereocenters. The first-order chi connectivity index (χ1) is 16.1. The number of ether oxygens (including phenoxy) is 1. The molecule has 0 fully saturated rings. The number of benzene rings is 2. The number of hydrogen-bond acceptors (Lipinski definition) is 4. The summed E-state index contributed by atoms with van der Waals surface area (Å²) < 4.78 is 5.56. The highest BCUT2D eigenvalue weighted by Gasteiger charge is 2.41. The minimum atomic E-state index is -0.223. The maximum atomic E-state index is 13.6. The van der Waals surface area contributed by atoms with Gasteiger partial charge in [0.15, 0.2) is 0 Å².